The van der Waals surface area contributed by atoms with Crippen LogP contribution in [0.5, 0.6) is 0 Å². The number of rotatable bonds is 5. The van der Waals surface area contributed by atoms with E-state index in [0.29, 0.717) is 16.8 Å². The monoisotopic (exact) mass is 372 g/mol. The molecule has 138 valence electrons. The van der Waals surface area contributed by atoms with E-state index < -0.39 is 11.9 Å². The Hall–Kier alpha value is -4.00. The SMILES string of the molecule is O=C(COC(=O)c1ccc2nc(-c3ccccc3)[nH]c2c1)Nc1cccnc1. The lowest BCUT2D eigenvalue weighted by atomic mass is 10.2. The van der Waals surface area contributed by atoms with Crippen LogP contribution >= 0.6 is 0 Å². The molecule has 0 atom stereocenters. The van der Waals surface area contributed by atoms with Gasteiger partial charge in [-0.15, -0.1) is 0 Å². The molecular formula is C21H16N4O3. The first-order valence-electron chi connectivity index (χ1n) is 8.61. The van der Waals surface area contributed by atoms with Gasteiger partial charge in [-0.2, -0.15) is 0 Å². The summed E-state index contributed by atoms with van der Waals surface area (Å²) in [5, 5.41) is 2.61. The van der Waals surface area contributed by atoms with Gasteiger partial charge in [-0.1, -0.05) is 30.3 Å². The molecule has 0 unspecified atom stereocenters. The number of imidazole rings is 1. The number of carbonyl (C=O) groups excluding carboxylic acids is 2. The van der Waals surface area contributed by atoms with Gasteiger partial charge < -0.3 is 15.0 Å². The molecule has 0 bridgehead atoms. The second-order valence-corrected chi connectivity index (χ2v) is 6.05. The number of pyridine rings is 1. The van der Waals surface area contributed by atoms with Gasteiger partial charge in [0.05, 0.1) is 28.5 Å². The number of carbonyl (C=O) groups is 2. The van der Waals surface area contributed by atoms with Crippen molar-refractivity contribution in [2.24, 2.45) is 0 Å². The number of hydrogen-bond acceptors (Lipinski definition) is 5. The smallest absolute Gasteiger partial charge is 0.338 e. The Kier molecular flexibility index (Phi) is 4.79. The minimum Gasteiger partial charge on any atom is -0.452 e. The van der Waals surface area contributed by atoms with Crippen molar-refractivity contribution in [1.82, 2.24) is 15.0 Å². The number of H-pyrrole nitrogens is 1. The number of benzene rings is 2. The van der Waals surface area contributed by atoms with Gasteiger partial charge in [0.25, 0.3) is 5.91 Å². The zero-order valence-electron chi connectivity index (χ0n) is 14.8. The van der Waals surface area contributed by atoms with E-state index in [1.54, 1.807) is 36.5 Å². The van der Waals surface area contributed by atoms with E-state index in [2.05, 4.69) is 20.3 Å². The number of amides is 1. The summed E-state index contributed by atoms with van der Waals surface area (Å²) >= 11 is 0. The van der Waals surface area contributed by atoms with Gasteiger partial charge in [-0.25, -0.2) is 9.78 Å². The molecule has 2 N–H and O–H groups in total. The zero-order chi connectivity index (χ0) is 19.3. The van der Waals surface area contributed by atoms with Crippen molar-refractivity contribution in [3.05, 3.63) is 78.6 Å². The molecule has 0 saturated heterocycles. The summed E-state index contributed by atoms with van der Waals surface area (Å²) in [6.07, 6.45) is 3.11. The van der Waals surface area contributed by atoms with Crippen molar-refractivity contribution in [2.75, 3.05) is 11.9 Å². The standard InChI is InChI=1S/C21H16N4O3/c26-19(23-16-7-4-10-22-12-16)13-28-21(27)15-8-9-17-18(11-15)25-20(24-17)14-5-2-1-3-6-14/h1-12H,13H2,(H,23,26)(H,24,25). The number of aromatic nitrogens is 3. The third-order valence-electron chi connectivity index (χ3n) is 4.04. The fourth-order valence-corrected chi connectivity index (χ4v) is 2.72. The Morgan fingerprint density at radius 2 is 1.89 bits per heavy atom. The molecule has 0 spiro atoms. The second-order valence-electron chi connectivity index (χ2n) is 6.05. The number of nitrogens with one attached hydrogen (secondary N) is 2. The van der Waals surface area contributed by atoms with Gasteiger partial charge in [-0.3, -0.25) is 9.78 Å². The average molecular weight is 372 g/mol. The summed E-state index contributed by atoms with van der Waals surface area (Å²) in [5.41, 5.74) is 3.29. The molecule has 2 aromatic carbocycles. The van der Waals surface area contributed by atoms with Crippen LogP contribution in [-0.4, -0.2) is 33.4 Å². The number of anilines is 1. The molecule has 28 heavy (non-hydrogen) atoms. The lowest BCUT2D eigenvalue weighted by molar-refractivity contribution is -0.119. The Labute approximate surface area is 160 Å². The number of ether oxygens (including phenoxy) is 1. The summed E-state index contributed by atoms with van der Waals surface area (Å²) in [6.45, 7) is -0.385. The largest absolute Gasteiger partial charge is 0.452 e. The van der Waals surface area contributed by atoms with Crippen LogP contribution in [0.25, 0.3) is 22.4 Å². The van der Waals surface area contributed by atoms with Crippen LogP contribution in [0.4, 0.5) is 5.69 Å². The van der Waals surface area contributed by atoms with Crippen LogP contribution in [-0.2, 0) is 9.53 Å². The number of hydrogen-bond donors (Lipinski definition) is 2. The Morgan fingerprint density at radius 1 is 1.04 bits per heavy atom. The quantitative estimate of drug-likeness (QED) is 0.523. The first-order chi connectivity index (χ1) is 13.7. The summed E-state index contributed by atoms with van der Waals surface area (Å²) < 4.78 is 5.10. The Morgan fingerprint density at radius 3 is 2.68 bits per heavy atom. The minimum atomic E-state index is -0.584. The summed E-state index contributed by atoms with van der Waals surface area (Å²) in [5.74, 6) is -0.300. The molecular weight excluding hydrogens is 356 g/mol. The molecule has 4 aromatic rings. The molecule has 2 aromatic heterocycles. The molecule has 0 aliphatic carbocycles. The Bertz CT molecular complexity index is 1120. The predicted octanol–water partition coefficient (Wildman–Crippen LogP) is 3.42. The predicted molar refractivity (Wildman–Crippen MR) is 105 cm³/mol. The second kappa shape index (κ2) is 7.71. The zero-order valence-corrected chi connectivity index (χ0v) is 14.8. The highest BCUT2D eigenvalue weighted by atomic mass is 16.5. The van der Waals surface area contributed by atoms with Gasteiger partial charge >= 0.3 is 5.97 Å². The van der Waals surface area contributed by atoms with E-state index in [4.69, 9.17) is 4.74 Å². The lowest BCUT2D eigenvalue weighted by Crippen LogP contribution is -2.20. The van der Waals surface area contributed by atoms with Crippen molar-refractivity contribution in [2.45, 2.75) is 0 Å². The highest BCUT2D eigenvalue weighted by Crippen LogP contribution is 2.21. The maximum absolute atomic E-state index is 12.3. The Balaban J connectivity index is 1.43. The summed E-state index contributed by atoms with van der Waals surface area (Å²) in [6, 6.07) is 18.1. The van der Waals surface area contributed by atoms with E-state index in [9.17, 15) is 9.59 Å². The van der Waals surface area contributed by atoms with Crippen LogP contribution in [0.3, 0.4) is 0 Å². The highest BCUT2D eigenvalue weighted by molar-refractivity contribution is 5.97. The van der Waals surface area contributed by atoms with E-state index in [0.717, 1.165) is 16.9 Å². The van der Waals surface area contributed by atoms with Gasteiger partial charge in [0.2, 0.25) is 0 Å². The number of nitrogens with zero attached hydrogens (tertiary/aromatic N) is 2. The van der Waals surface area contributed by atoms with Crippen LogP contribution < -0.4 is 5.32 Å². The molecule has 0 aliphatic heterocycles. The van der Waals surface area contributed by atoms with Crippen molar-refractivity contribution >= 4 is 28.6 Å². The molecule has 7 nitrogen and oxygen atoms in total. The van der Waals surface area contributed by atoms with Crippen molar-refractivity contribution < 1.29 is 14.3 Å². The van der Waals surface area contributed by atoms with Gasteiger partial charge in [-0.05, 0) is 30.3 Å². The van der Waals surface area contributed by atoms with Crippen molar-refractivity contribution in [1.29, 1.82) is 0 Å². The van der Waals surface area contributed by atoms with Crippen LogP contribution in [0.15, 0.2) is 73.1 Å². The van der Waals surface area contributed by atoms with Gasteiger partial charge in [0.1, 0.15) is 5.82 Å². The fraction of sp³-hybridized carbons (Fsp3) is 0.0476. The third kappa shape index (κ3) is 3.88. The van der Waals surface area contributed by atoms with Crippen LogP contribution in [0, 0.1) is 0 Å². The summed E-state index contributed by atoms with van der Waals surface area (Å²) in [7, 11) is 0. The normalized spacial score (nSPS) is 10.6. The van der Waals surface area contributed by atoms with Crippen molar-refractivity contribution in [3.8, 4) is 11.4 Å². The molecule has 0 fully saturated rings. The van der Waals surface area contributed by atoms with Crippen molar-refractivity contribution in [3.63, 3.8) is 0 Å². The minimum absolute atomic E-state index is 0.338. The highest BCUT2D eigenvalue weighted by Gasteiger charge is 2.13. The van der Waals surface area contributed by atoms with E-state index >= 15 is 0 Å². The van der Waals surface area contributed by atoms with E-state index in [-0.39, 0.29) is 6.61 Å². The lowest BCUT2D eigenvalue weighted by Gasteiger charge is -2.06. The molecule has 0 aliphatic rings. The number of fused-ring (bicyclic) bond motifs is 1. The topological polar surface area (TPSA) is 97.0 Å². The number of aromatic amines is 1. The third-order valence-corrected chi connectivity index (χ3v) is 4.04. The average Bonchev–Trinajstić information content (AvgIpc) is 3.17. The molecule has 4 rings (SSSR count). The van der Waals surface area contributed by atoms with Gasteiger partial charge in [0.15, 0.2) is 6.61 Å². The number of esters is 1. The van der Waals surface area contributed by atoms with E-state index in [1.165, 1.54) is 6.20 Å². The molecule has 0 radical (unpaired) electrons. The van der Waals surface area contributed by atoms with Crippen LogP contribution in [0.2, 0.25) is 0 Å². The van der Waals surface area contributed by atoms with E-state index in [1.807, 2.05) is 30.3 Å². The molecule has 2 heterocycles. The molecule has 7 heteroatoms. The summed E-state index contributed by atoms with van der Waals surface area (Å²) in [4.78, 5) is 35.8. The fourth-order valence-electron chi connectivity index (χ4n) is 2.72. The maximum atomic E-state index is 12.3. The molecule has 0 saturated carbocycles. The molecule has 1 amide bonds. The first-order valence-corrected chi connectivity index (χ1v) is 8.61. The van der Waals surface area contributed by atoms with Crippen LogP contribution in [0.1, 0.15) is 10.4 Å². The maximum Gasteiger partial charge on any atom is 0.338 e. The van der Waals surface area contributed by atoms with Gasteiger partial charge in [0, 0.05) is 11.8 Å². The first kappa shape index (κ1) is 17.4.